The number of nitrogen functional groups attached to an aromatic ring is 1. The summed E-state index contributed by atoms with van der Waals surface area (Å²) in [5, 5.41) is 12.6. The van der Waals surface area contributed by atoms with Crippen LogP contribution in [0.3, 0.4) is 0 Å². The van der Waals surface area contributed by atoms with Gasteiger partial charge in [0.2, 0.25) is 0 Å². The molecule has 1 atom stereocenters. The normalized spacial score (nSPS) is 12.2. The van der Waals surface area contributed by atoms with Crippen LogP contribution in [0.5, 0.6) is 0 Å². The van der Waals surface area contributed by atoms with Gasteiger partial charge >= 0.3 is 0 Å². The van der Waals surface area contributed by atoms with E-state index in [2.05, 4.69) is 20.7 Å². The second kappa shape index (κ2) is 7.00. The number of methoxy groups -OCH3 is 1. The van der Waals surface area contributed by atoms with E-state index < -0.39 is 6.10 Å². The summed E-state index contributed by atoms with van der Waals surface area (Å²) in [4.78, 5) is 8.14. The van der Waals surface area contributed by atoms with Gasteiger partial charge in [-0.25, -0.2) is 15.8 Å². The minimum absolute atomic E-state index is 0.279. The zero-order valence-corrected chi connectivity index (χ0v) is 10.1. The van der Waals surface area contributed by atoms with Crippen molar-refractivity contribution in [2.24, 2.45) is 5.84 Å². The predicted molar refractivity (Wildman–Crippen MR) is 65.6 cm³/mol. The van der Waals surface area contributed by atoms with Gasteiger partial charge in [-0.2, -0.15) is 0 Å². The van der Waals surface area contributed by atoms with Crippen LogP contribution in [0.2, 0.25) is 0 Å². The first-order valence-corrected chi connectivity index (χ1v) is 5.44. The molecule has 0 aliphatic heterocycles. The van der Waals surface area contributed by atoms with Crippen molar-refractivity contribution >= 4 is 11.6 Å². The lowest BCUT2D eigenvalue weighted by Crippen LogP contribution is -2.25. The molecule has 1 heterocycles. The van der Waals surface area contributed by atoms with Gasteiger partial charge in [-0.15, -0.1) is 0 Å². The number of hydrogen-bond acceptors (Lipinski definition) is 7. The summed E-state index contributed by atoms with van der Waals surface area (Å²) < 4.78 is 4.84. The summed E-state index contributed by atoms with van der Waals surface area (Å²) in [5.74, 6) is 6.62. The first-order chi connectivity index (χ1) is 8.22. The fourth-order valence-electron chi connectivity index (χ4n) is 1.49. The van der Waals surface area contributed by atoms with Crippen LogP contribution in [0.4, 0.5) is 11.6 Å². The Bertz CT molecular complexity index is 347. The molecule has 0 spiro atoms. The van der Waals surface area contributed by atoms with E-state index in [-0.39, 0.29) is 6.61 Å². The molecule has 0 saturated heterocycles. The molecule has 0 radical (unpaired) electrons. The second-order valence-corrected chi connectivity index (χ2v) is 3.54. The molecule has 0 bridgehead atoms. The lowest BCUT2D eigenvalue weighted by Gasteiger charge is -2.15. The Hall–Kier alpha value is -1.44. The summed E-state index contributed by atoms with van der Waals surface area (Å²) in [7, 11) is 1.54. The summed E-state index contributed by atoms with van der Waals surface area (Å²) in [6, 6.07) is 0. The highest BCUT2D eigenvalue weighted by atomic mass is 16.5. The Morgan fingerprint density at radius 3 is 2.76 bits per heavy atom. The van der Waals surface area contributed by atoms with Gasteiger partial charge in [0.25, 0.3) is 0 Å². The third-order valence-electron chi connectivity index (χ3n) is 2.30. The van der Waals surface area contributed by atoms with Crippen molar-refractivity contribution in [3.63, 3.8) is 0 Å². The molecule has 96 valence electrons. The van der Waals surface area contributed by atoms with Gasteiger partial charge in [-0.05, 0) is 6.42 Å². The average molecular weight is 241 g/mol. The molecule has 1 aromatic heterocycles. The minimum Gasteiger partial charge on any atom is -0.389 e. The number of aliphatic hydroxyl groups is 1. The van der Waals surface area contributed by atoms with Crippen LogP contribution in [-0.4, -0.2) is 41.4 Å². The van der Waals surface area contributed by atoms with Crippen LogP contribution in [0, 0.1) is 0 Å². The lowest BCUT2D eigenvalue weighted by atomic mass is 10.2. The second-order valence-electron chi connectivity index (χ2n) is 3.54. The van der Waals surface area contributed by atoms with Gasteiger partial charge in [0.15, 0.2) is 0 Å². The van der Waals surface area contributed by atoms with Gasteiger partial charge in [0.05, 0.1) is 12.7 Å². The van der Waals surface area contributed by atoms with E-state index in [0.717, 1.165) is 12.0 Å². The van der Waals surface area contributed by atoms with E-state index in [1.54, 1.807) is 7.11 Å². The Labute approximate surface area is 100 Å². The van der Waals surface area contributed by atoms with Crippen LogP contribution >= 0.6 is 0 Å². The topological polar surface area (TPSA) is 105 Å². The number of hydrazine groups is 1. The largest absolute Gasteiger partial charge is 0.389 e. The predicted octanol–water partition coefficient (Wildman–Crippen LogP) is -0.256. The Kier molecular flexibility index (Phi) is 5.61. The molecule has 1 aromatic rings. The first-order valence-electron chi connectivity index (χ1n) is 5.44. The van der Waals surface area contributed by atoms with Crippen LogP contribution in [0.15, 0.2) is 6.33 Å². The molecule has 0 aliphatic carbocycles. The van der Waals surface area contributed by atoms with E-state index >= 15 is 0 Å². The van der Waals surface area contributed by atoms with Crippen molar-refractivity contribution in [3.8, 4) is 0 Å². The van der Waals surface area contributed by atoms with E-state index in [1.807, 2.05) is 6.92 Å². The average Bonchev–Trinajstić information content (AvgIpc) is 2.36. The standard InChI is InChI=1S/C10H19N5O2/c1-3-8-9(12-4-7(16)5-17-2)13-6-14-10(8)15-11/h6-7,16H,3-5,11H2,1-2H3,(H2,12,13,14,15). The van der Waals surface area contributed by atoms with Crippen LogP contribution in [-0.2, 0) is 11.2 Å². The highest BCUT2D eigenvalue weighted by Crippen LogP contribution is 2.19. The van der Waals surface area contributed by atoms with Crippen molar-refractivity contribution in [1.29, 1.82) is 0 Å². The molecule has 0 aliphatic rings. The zero-order valence-electron chi connectivity index (χ0n) is 10.1. The molecule has 5 N–H and O–H groups in total. The molecular formula is C10H19N5O2. The van der Waals surface area contributed by atoms with Gasteiger partial charge in [0.1, 0.15) is 18.0 Å². The maximum Gasteiger partial charge on any atom is 0.148 e. The summed E-state index contributed by atoms with van der Waals surface area (Å²) in [5.41, 5.74) is 3.41. The SMILES string of the molecule is CCc1c(NN)ncnc1NCC(O)COC. The molecule has 7 nitrogen and oxygen atoms in total. The number of ether oxygens (including phenoxy) is 1. The van der Waals surface area contributed by atoms with E-state index in [0.29, 0.717) is 18.2 Å². The monoisotopic (exact) mass is 241 g/mol. The van der Waals surface area contributed by atoms with Gasteiger partial charge in [-0.3, -0.25) is 0 Å². The third kappa shape index (κ3) is 3.81. The molecule has 0 saturated carbocycles. The molecule has 0 fully saturated rings. The number of nitrogens with zero attached hydrogens (tertiary/aromatic N) is 2. The molecular weight excluding hydrogens is 222 g/mol. The van der Waals surface area contributed by atoms with Crippen molar-refractivity contribution in [2.75, 3.05) is 31.0 Å². The minimum atomic E-state index is -0.575. The number of nitrogens with one attached hydrogen (secondary N) is 2. The number of aliphatic hydroxyl groups excluding tert-OH is 1. The summed E-state index contributed by atoms with van der Waals surface area (Å²) in [6.07, 6.45) is 1.58. The molecule has 0 amide bonds. The summed E-state index contributed by atoms with van der Waals surface area (Å²) >= 11 is 0. The van der Waals surface area contributed by atoms with E-state index in [4.69, 9.17) is 10.6 Å². The first kappa shape index (κ1) is 13.6. The van der Waals surface area contributed by atoms with Crippen LogP contribution < -0.4 is 16.6 Å². The lowest BCUT2D eigenvalue weighted by molar-refractivity contribution is 0.0727. The Morgan fingerprint density at radius 2 is 2.18 bits per heavy atom. The molecule has 1 unspecified atom stereocenters. The van der Waals surface area contributed by atoms with Crippen molar-refractivity contribution in [1.82, 2.24) is 9.97 Å². The zero-order chi connectivity index (χ0) is 12.7. The fourth-order valence-corrected chi connectivity index (χ4v) is 1.49. The molecule has 1 rings (SSSR count). The van der Waals surface area contributed by atoms with Crippen molar-refractivity contribution < 1.29 is 9.84 Å². The number of rotatable bonds is 7. The molecule has 17 heavy (non-hydrogen) atoms. The number of hydrogen-bond donors (Lipinski definition) is 4. The molecule has 7 heteroatoms. The van der Waals surface area contributed by atoms with E-state index in [9.17, 15) is 5.11 Å². The maximum absolute atomic E-state index is 9.53. The Balaban J connectivity index is 2.70. The highest BCUT2D eigenvalue weighted by molar-refractivity contribution is 5.56. The van der Waals surface area contributed by atoms with Crippen LogP contribution in [0.25, 0.3) is 0 Å². The number of nitrogens with two attached hydrogens (primary N) is 1. The molecule has 0 aromatic carbocycles. The van der Waals surface area contributed by atoms with Gasteiger partial charge in [-0.1, -0.05) is 6.92 Å². The van der Waals surface area contributed by atoms with Crippen molar-refractivity contribution in [2.45, 2.75) is 19.4 Å². The van der Waals surface area contributed by atoms with Crippen molar-refractivity contribution in [3.05, 3.63) is 11.9 Å². The smallest absolute Gasteiger partial charge is 0.148 e. The summed E-state index contributed by atoms with van der Waals surface area (Å²) in [6.45, 7) is 2.62. The number of aromatic nitrogens is 2. The Morgan fingerprint density at radius 1 is 1.47 bits per heavy atom. The maximum atomic E-state index is 9.53. The van der Waals surface area contributed by atoms with Gasteiger partial charge in [0, 0.05) is 19.2 Å². The fraction of sp³-hybridized carbons (Fsp3) is 0.600. The third-order valence-corrected chi connectivity index (χ3v) is 2.30. The van der Waals surface area contributed by atoms with E-state index in [1.165, 1.54) is 6.33 Å². The van der Waals surface area contributed by atoms with Crippen LogP contribution in [0.1, 0.15) is 12.5 Å². The number of anilines is 2. The van der Waals surface area contributed by atoms with Gasteiger partial charge < -0.3 is 20.6 Å². The highest BCUT2D eigenvalue weighted by Gasteiger charge is 2.10. The quantitative estimate of drug-likeness (QED) is 0.385.